The molecule has 3 heterocycles. The van der Waals surface area contributed by atoms with Crippen LogP contribution in [0, 0.1) is 11.8 Å². The molecule has 1 spiro atoms. The molecule has 42 heavy (non-hydrogen) atoms. The zero-order chi connectivity index (χ0) is 29.2. The maximum Gasteiger partial charge on any atom is 0.336 e. The molecule has 5 aliphatic rings. The second kappa shape index (κ2) is 9.85. The van der Waals surface area contributed by atoms with Crippen LogP contribution in [0.15, 0.2) is 41.6 Å². The molecule has 3 aliphatic heterocycles. The van der Waals surface area contributed by atoms with Crippen molar-refractivity contribution in [3.63, 3.8) is 0 Å². The second-order valence-corrected chi connectivity index (χ2v) is 11.8. The number of hydrogen-bond acceptors (Lipinski definition) is 9. The lowest BCUT2D eigenvalue weighted by molar-refractivity contribution is -0.168. The Kier molecular flexibility index (Phi) is 6.33. The van der Waals surface area contributed by atoms with E-state index in [4.69, 9.17) is 28.4 Å². The largest absolute Gasteiger partial charge is 0.465 e. The molecule has 0 N–H and O–H groups in total. The molecule has 0 amide bonds. The van der Waals surface area contributed by atoms with Crippen molar-refractivity contribution in [1.29, 1.82) is 0 Å². The molecule has 2 aromatic carbocycles. The highest BCUT2D eigenvalue weighted by Gasteiger charge is 2.73. The third-order valence-electron chi connectivity index (χ3n) is 10.2. The Bertz CT molecular complexity index is 1490. The number of likely N-dealkylation sites (N-methyl/N-ethyl adjacent to an activating group) is 1. The summed E-state index contributed by atoms with van der Waals surface area (Å²) in [5, 5.41) is 0. The normalized spacial score (nSPS) is 27.2. The molecule has 0 aromatic heterocycles. The summed E-state index contributed by atoms with van der Waals surface area (Å²) in [5.74, 6) is 1.40. The second-order valence-electron chi connectivity index (χ2n) is 11.8. The first-order chi connectivity index (χ1) is 20.4. The molecule has 1 saturated carbocycles. The van der Waals surface area contributed by atoms with Gasteiger partial charge in [0.05, 0.1) is 24.3 Å². The number of rotatable bonds is 6. The van der Waals surface area contributed by atoms with Crippen LogP contribution in [0.3, 0.4) is 0 Å². The molecule has 3 atom stereocenters. The van der Waals surface area contributed by atoms with Crippen LogP contribution in [0.25, 0.3) is 0 Å². The van der Waals surface area contributed by atoms with Crippen LogP contribution < -0.4 is 18.9 Å². The third-order valence-corrected chi connectivity index (χ3v) is 10.2. The van der Waals surface area contributed by atoms with Crippen molar-refractivity contribution in [1.82, 2.24) is 4.90 Å². The van der Waals surface area contributed by atoms with E-state index in [1.54, 1.807) is 0 Å². The first-order valence-corrected chi connectivity index (χ1v) is 15.0. The fourth-order valence-electron chi connectivity index (χ4n) is 8.44. The van der Waals surface area contributed by atoms with Crippen LogP contribution in [-0.4, -0.2) is 50.7 Å². The molecule has 9 nitrogen and oxygen atoms in total. The lowest BCUT2D eigenvalue weighted by Gasteiger charge is -2.66. The van der Waals surface area contributed by atoms with E-state index in [9.17, 15) is 4.79 Å². The fourth-order valence-corrected chi connectivity index (χ4v) is 8.44. The van der Waals surface area contributed by atoms with Crippen molar-refractivity contribution >= 4 is 11.9 Å². The first kappa shape index (κ1) is 27.0. The monoisotopic (exact) mass is 575 g/mol. The summed E-state index contributed by atoms with van der Waals surface area (Å²) < 4.78 is 34.9. The van der Waals surface area contributed by atoms with Crippen LogP contribution >= 0.6 is 0 Å². The Hall–Kier alpha value is -3.88. The van der Waals surface area contributed by atoms with Gasteiger partial charge in [-0.25, -0.2) is 4.79 Å². The number of allylic oxidation sites excluding steroid dienone is 1. The molecular formula is C33H37NO8. The van der Waals surface area contributed by atoms with Crippen LogP contribution in [0.4, 0.5) is 0 Å². The highest BCUT2D eigenvalue weighted by atomic mass is 16.7. The number of carbonyl (C=O) groups excluding carboxylic acids is 2. The minimum Gasteiger partial charge on any atom is -0.465 e. The summed E-state index contributed by atoms with van der Waals surface area (Å²) in [6, 6.07) is 9.79. The van der Waals surface area contributed by atoms with Crippen LogP contribution in [0.1, 0.15) is 63.1 Å². The van der Waals surface area contributed by atoms with Crippen molar-refractivity contribution in [2.24, 2.45) is 11.8 Å². The summed E-state index contributed by atoms with van der Waals surface area (Å²) in [6.45, 7) is 6.33. The number of carbonyl (C=O) groups is 2. The van der Waals surface area contributed by atoms with Crippen LogP contribution in [0.5, 0.6) is 23.0 Å². The van der Waals surface area contributed by atoms with E-state index in [0.29, 0.717) is 35.0 Å². The maximum absolute atomic E-state index is 15.1. The quantitative estimate of drug-likeness (QED) is 0.442. The third kappa shape index (κ3) is 3.42. The number of esters is 2. The van der Waals surface area contributed by atoms with Crippen LogP contribution in [0.2, 0.25) is 0 Å². The Morgan fingerprint density at radius 3 is 2.24 bits per heavy atom. The van der Waals surface area contributed by atoms with Gasteiger partial charge in [0.1, 0.15) is 5.41 Å². The molecule has 0 unspecified atom stereocenters. The maximum atomic E-state index is 15.1. The smallest absolute Gasteiger partial charge is 0.336 e. The minimum absolute atomic E-state index is 0.0674. The average molecular weight is 576 g/mol. The molecule has 9 heteroatoms. The summed E-state index contributed by atoms with van der Waals surface area (Å²) >= 11 is 0. The van der Waals surface area contributed by atoms with E-state index in [-0.39, 0.29) is 44.7 Å². The van der Waals surface area contributed by atoms with Gasteiger partial charge in [-0.3, -0.25) is 4.79 Å². The SMILES string of the molecule is CCOC(=O)C1=C(C)N(C)[C@]2(Cc3cc4c(cc32)OCO4)[C@](C(=O)OCC)(c2ccc3c(c2)OCO3)[C@H]1C1CCCC1. The molecule has 0 saturated heterocycles. The van der Waals surface area contributed by atoms with Crippen molar-refractivity contribution in [3.05, 3.63) is 58.3 Å². The van der Waals surface area contributed by atoms with Gasteiger partial charge in [-0.15, -0.1) is 0 Å². The van der Waals surface area contributed by atoms with E-state index in [2.05, 4.69) is 4.90 Å². The Balaban J connectivity index is 1.59. The lowest BCUT2D eigenvalue weighted by Crippen LogP contribution is -2.73. The van der Waals surface area contributed by atoms with Gasteiger partial charge >= 0.3 is 11.9 Å². The Labute approximate surface area is 245 Å². The number of nitrogens with zero attached hydrogens (tertiary/aromatic N) is 1. The zero-order valence-corrected chi connectivity index (χ0v) is 24.6. The molecule has 0 bridgehead atoms. The van der Waals surface area contributed by atoms with E-state index in [0.717, 1.165) is 48.1 Å². The van der Waals surface area contributed by atoms with E-state index < -0.39 is 16.9 Å². The van der Waals surface area contributed by atoms with Gasteiger partial charge in [-0.1, -0.05) is 18.9 Å². The van der Waals surface area contributed by atoms with Gasteiger partial charge in [0, 0.05) is 25.1 Å². The van der Waals surface area contributed by atoms with Crippen molar-refractivity contribution in [2.45, 2.75) is 63.8 Å². The van der Waals surface area contributed by atoms with E-state index >= 15 is 4.79 Å². The summed E-state index contributed by atoms with van der Waals surface area (Å²) in [4.78, 5) is 31.2. The van der Waals surface area contributed by atoms with E-state index in [1.807, 2.05) is 58.2 Å². The van der Waals surface area contributed by atoms with Crippen molar-refractivity contribution in [2.75, 3.05) is 33.8 Å². The topological polar surface area (TPSA) is 92.8 Å². The highest BCUT2D eigenvalue weighted by molar-refractivity contribution is 5.96. The lowest BCUT2D eigenvalue weighted by atomic mass is 9.44. The van der Waals surface area contributed by atoms with Gasteiger partial charge in [0.15, 0.2) is 23.0 Å². The summed E-state index contributed by atoms with van der Waals surface area (Å²) in [7, 11) is 1.98. The summed E-state index contributed by atoms with van der Waals surface area (Å²) in [5.41, 5.74) is 1.98. The van der Waals surface area contributed by atoms with Gasteiger partial charge < -0.3 is 33.3 Å². The van der Waals surface area contributed by atoms with Gasteiger partial charge in [0.2, 0.25) is 13.6 Å². The zero-order valence-electron chi connectivity index (χ0n) is 24.6. The molecule has 222 valence electrons. The first-order valence-electron chi connectivity index (χ1n) is 15.0. The van der Waals surface area contributed by atoms with Crippen molar-refractivity contribution < 1.29 is 38.0 Å². The number of benzene rings is 2. The van der Waals surface area contributed by atoms with E-state index in [1.165, 1.54) is 0 Å². The molecule has 0 radical (unpaired) electrons. The number of fused-ring (bicyclic) bond motifs is 4. The predicted molar refractivity (Wildman–Crippen MR) is 151 cm³/mol. The molecule has 1 fully saturated rings. The van der Waals surface area contributed by atoms with Gasteiger partial charge in [0.25, 0.3) is 0 Å². The highest BCUT2D eigenvalue weighted by Crippen LogP contribution is 2.67. The standard InChI is InChI=1S/C33H37NO8/c1-5-37-30(35)28-19(3)34(4)32(16-21-13-25-27(15-23(21)32)42-18-40-25)33(31(36)38-6-2,29(28)20-9-7-8-10-20)22-11-12-24-26(14-22)41-17-39-24/h11-15,20,29H,5-10,16-18H2,1-4H3/t29-,32-,33+/m0/s1. The van der Waals surface area contributed by atoms with Crippen LogP contribution in [-0.2, 0) is 36.4 Å². The molecule has 2 aromatic rings. The molecule has 7 rings (SSSR count). The molecule has 2 aliphatic carbocycles. The predicted octanol–water partition coefficient (Wildman–Crippen LogP) is 4.99. The van der Waals surface area contributed by atoms with Crippen molar-refractivity contribution in [3.8, 4) is 23.0 Å². The average Bonchev–Trinajstić information content (AvgIpc) is 3.75. The summed E-state index contributed by atoms with van der Waals surface area (Å²) in [6.07, 6.45) is 4.43. The minimum atomic E-state index is -1.31. The Morgan fingerprint density at radius 2 is 1.55 bits per heavy atom. The Morgan fingerprint density at radius 1 is 0.905 bits per heavy atom. The van der Waals surface area contributed by atoms with Gasteiger partial charge in [-0.05, 0) is 80.5 Å². The fraction of sp³-hybridized carbons (Fsp3) is 0.515. The molecular weight excluding hydrogens is 538 g/mol. The van der Waals surface area contributed by atoms with Gasteiger partial charge in [-0.2, -0.15) is 0 Å². The number of ether oxygens (including phenoxy) is 6. The number of hydrogen-bond donors (Lipinski definition) is 0.